The Labute approximate surface area is 104 Å². The number of hydrogen-bond donors (Lipinski definition) is 1. The van der Waals surface area contributed by atoms with E-state index in [0.29, 0.717) is 10.7 Å². The highest BCUT2D eigenvalue weighted by molar-refractivity contribution is 6.30. The average Bonchev–Trinajstić information content (AvgIpc) is 2.32. The Balaban J connectivity index is 2.25. The quantitative estimate of drug-likeness (QED) is 0.885. The number of aromatic nitrogens is 3. The fraction of sp³-hybridized carbons (Fsp3) is 0.0833. The van der Waals surface area contributed by atoms with E-state index in [-0.39, 0.29) is 5.95 Å². The summed E-state index contributed by atoms with van der Waals surface area (Å²) >= 11 is 5.80. The number of hydrogen-bond acceptors (Lipinski definition) is 4. The van der Waals surface area contributed by atoms with Crippen LogP contribution < -0.4 is 5.73 Å². The lowest BCUT2D eigenvalue weighted by atomic mass is 10.2. The highest BCUT2D eigenvalue weighted by Gasteiger charge is 1.99. The van der Waals surface area contributed by atoms with Crippen molar-refractivity contribution in [2.45, 2.75) is 6.92 Å². The van der Waals surface area contributed by atoms with Gasteiger partial charge in [0.05, 0.1) is 11.4 Å². The first-order valence-electron chi connectivity index (χ1n) is 5.05. The monoisotopic (exact) mass is 246 g/mol. The molecule has 0 bridgehead atoms. The van der Waals surface area contributed by atoms with E-state index in [4.69, 9.17) is 17.3 Å². The molecule has 4 nitrogen and oxygen atoms in total. The average molecular weight is 247 g/mol. The van der Waals surface area contributed by atoms with E-state index in [0.717, 1.165) is 11.3 Å². The van der Waals surface area contributed by atoms with Gasteiger partial charge < -0.3 is 5.73 Å². The number of anilines is 1. The Morgan fingerprint density at radius 3 is 2.53 bits per heavy atom. The van der Waals surface area contributed by atoms with Crippen LogP contribution in [-0.2, 0) is 0 Å². The molecule has 2 N–H and O–H groups in total. The minimum absolute atomic E-state index is 0.173. The number of nitrogens with two attached hydrogens (primary N) is 1. The Morgan fingerprint density at radius 2 is 1.82 bits per heavy atom. The molecule has 0 aliphatic heterocycles. The minimum atomic E-state index is 0.173. The maximum Gasteiger partial charge on any atom is 0.240 e. The molecule has 0 radical (unpaired) electrons. The Bertz CT molecular complexity index is 549. The van der Waals surface area contributed by atoms with Crippen LogP contribution in [0.3, 0.4) is 0 Å². The van der Waals surface area contributed by atoms with Crippen molar-refractivity contribution >= 4 is 29.7 Å². The Morgan fingerprint density at radius 1 is 1.12 bits per heavy atom. The number of benzene rings is 1. The van der Waals surface area contributed by atoms with Gasteiger partial charge in [-0.1, -0.05) is 29.8 Å². The highest BCUT2D eigenvalue weighted by Crippen LogP contribution is 2.12. The molecule has 0 aliphatic rings. The van der Waals surface area contributed by atoms with Crippen LogP contribution >= 0.6 is 11.6 Å². The van der Waals surface area contributed by atoms with Gasteiger partial charge in [0, 0.05) is 5.02 Å². The van der Waals surface area contributed by atoms with Crippen molar-refractivity contribution in [3.63, 3.8) is 0 Å². The maximum atomic E-state index is 5.80. The molecule has 86 valence electrons. The molecule has 0 amide bonds. The van der Waals surface area contributed by atoms with Gasteiger partial charge in [0.25, 0.3) is 0 Å². The van der Waals surface area contributed by atoms with Gasteiger partial charge in [0.2, 0.25) is 5.95 Å². The molecular weight excluding hydrogens is 236 g/mol. The number of nitrogen functional groups attached to an aromatic ring is 1. The number of rotatable bonds is 2. The van der Waals surface area contributed by atoms with Crippen molar-refractivity contribution < 1.29 is 0 Å². The van der Waals surface area contributed by atoms with Crippen molar-refractivity contribution in [1.82, 2.24) is 15.2 Å². The Hall–Kier alpha value is -1.94. The lowest BCUT2D eigenvalue weighted by Crippen LogP contribution is -2.01. The van der Waals surface area contributed by atoms with E-state index in [1.54, 1.807) is 0 Å². The largest absolute Gasteiger partial charge is 0.366 e. The summed E-state index contributed by atoms with van der Waals surface area (Å²) in [5.41, 5.74) is 7.97. The number of nitrogens with zero attached hydrogens (tertiary/aromatic N) is 3. The van der Waals surface area contributed by atoms with Crippen LogP contribution in [0.2, 0.25) is 5.02 Å². The second-order valence-corrected chi connectivity index (χ2v) is 3.96. The molecule has 5 heteroatoms. The van der Waals surface area contributed by atoms with Gasteiger partial charge in [0.1, 0.15) is 0 Å². The molecule has 1 aromatic carbocycles. The van der Waals surface area contributed by atoms with E-state index in [1.807, 2.05) is 43.3 Å². The van der Waals surface area contributed by atoms with Crippen LogP contribution in [0.4, 0.5) is 5.95 Å². The molecule has 0 spiro atoms. The van der Waals surface area contributed by atoms with Crippen LogP contribution in [0.5, 0.6) is 0 Å². The number of halogens is 1. The summed E-state index contributed by atoms with van der Waals surface area (Å²) in [6.45, 7) is 1.83. The van der Waals surface area contributed by atoms with Crippen LogP contribution in [-0.4, -0.2) is 15.2 Å². The summed E-state index contributed by atoms with van der Waals surface area (Å²) in [5, 5.41) is 8.28. The molecule has 0 saturated heterocycles. The third-order valence-electron chi connectivity index (χ3n) is 2.21. The first-order valence-corrected chi connectivity index (χ1v) is 5.43. The van der Waals surface area contributed by atoms with Crippen molar-refractivity contribution in [2.24, 2.45) is 0 Å². The number of aryl methyl sites for hydroxylation is 1. The summed E-state index contributed by atoms with van der Waals surface area (Å²) in [6, 6.07) is 7.51. The molecule has 2 aromatic rings. The molecule has 0 aliphatic carbocycles. The Kier molecular flexibility index (Phi) is 3.35. The summed E-state index contributed by atoms with van der Waals surface area (Å²) in [7, 11) is 0. The van der Waals surface area contributed by atoms with Gasteiger partial charge in [-0.2, -0.15) is 0 Å². The fourth-order valence-electron chi connectivity index (χ4n) is 1.31. The smallest absolute Gasteiger partial charge is 0.240 e. The lowest BCUT2D eigenvalue weighted by Gasteiger charge is -1.98. The fourth-order valence-corrected chi connectivity index (χ4v) is 1.44. The third-order valence-corrected chi connectivity index (χ3v) is 2.46. The van der Waals surface area contributed by atoms with Crippen LogP contribution in [0.15, 0.2) is 24.3 Å². The molecule has 0 saturated carbocycles. The predicted octanol–water partition coefficient (Wildman–Crippen LogP) is 2.59. The van der Waals surface area contributed by atoms with Crippen molar-refractivity contribution in [3.05, 3.63) is 46.2 Å². The van der Waals surface area contributed by atoms with E-state index < -0.39 is 0 Å². The molecule has 1 heterocycles. The second kappa shape index (κ2) is 4.93. The van der Waals surface area contributed by atoms with E-state index in [2.05, 4.69) is 15.2 Å². The van der Waals surface area contributed by atoms with Gasteiger partial charge in [-0.25, -0.2) is 4.98 Å². The molecule has 2 rings (SSSR count). The normalized spacial score (nSPS) is 10.9. The summed E-state index contributed by atoms with van der Waals surface area (Å²) in [4.78, 5) is 4.10. The molecule has 17 heavy (non-hydrogen) atoms. The topological polar surface area (TPSA) is 64.7 Å². The van der Waals surface area contributed by atoms with Crippen molar-refractivity contribution in [3.8, 4) is 0 Å². The maximum absolute atomic E-state index is 5.80. The zero-order valence-electron chi connectivity index (χ0n) is 9.26. The van der Waals surface area contributed by atoms with E-state index in [9.17, 15) is 0 Å². The van der Waals surface area contributed by atoms with E-state index >= 15 is 0 Å². The molecular formula is C12H11ClN4. The second-order valence-electron chi connectivity index (χ2n) is 3.53. The van der Waals surface area contributed by atoms with Gasteiger partial charge in [-0.3, -0.25) is 0 Å². The third kappa shape index (κ3) is 3.01. The molecule has 0 unspecified atom stereocenters. The van der Waals surface area contributed by atoms with Gasteiger partial charge in [-0.05, 0) is 30.7 Å². The van der Waals surface area contributed by atoms with Crippen LogP contribution in [0.25, 0.3) is 12.2 Å². The highest BCUT2D eigenvalue weighted by atomic mass is 35.5. The first kappa shape index (κ1) is 11.5. The van der Waals surface area contributed by atoms with Gasteiger partial charge >= 0.3 is 0 Å². The van der Waals surface area contributed by atoms with Crippen LogP contribution in [0.1, 0.15) is 17.0 Å². The molecule has 0 atom stereocenters. The first-order chi connectivity index (χ1) is 8.15. The zero-order chi connectivity index (χ0) is 12.3. The molecule has 0 fully saturated rings. The SMILES string of the molecule is Cc1nnc(N)nc1/C=C/c1ccc(Cl)cc1. The van der Waals surface area contributed by atoms with Crippen LogP contribution in [0, 0.1) is 6.92 Å². The standard InChI is InChI=1S/C12H11ClN4/c1-8-11(15-12(14)17-16-8)7-4-9-2-5-10(13)6-3-9/h2-7H,1H3,(H2,14,15,17)/b7-4+. The van der Waals surface area contributed by atoms with Crippen molar-refractivity contribution in [1.29, 1.82) is 0 Å². The van der Waals surface area contributed by atoms with Gasteiger partial charge in [-0.15, -0.1) is 10.2 Å². The van der Waals surface area contributed by atoms with E-state index in [1.165, 1.54) is 0 Å². The zero-order valence-corrected chi connectivity index (χ0v) is 10.0. The summed E-state index contributed by atoms with van der Waals surface area (Å²) < 4.78 is 0. The molecule has 1 aromatic heterocycles. The van der Waals surface area contributed by atoms with Gasteiger partial charge in [0.15, 0.2) is 0 Å². The van der Waals surface area contributed by atoms with Crippen molar-refractivity contribution in [2.75, 3.05) is 5.73 Å². The summed E-state index contributed by atoms with van der Waals surface area (Å²) in [5.74, 6) is 0.173. The predicted molar refractivity (Wildman–Crippen MR) is 69.4 cm³/mol. The lowest BCUT2D eigenvalue weighted by molar-refractivity contribution is 0.932. The minimum Gasteiger partial charge on any atom is -0.366 e. The summed E-state index contributed by atoms with van der Waals surface area (Å²) in [6.07, 6.45) is 3.77.